The number of hydrogen-bond acceptors (Lipinski definition) is 6. The van der Waals surface area contributed by atoms with Gasteiger partial charge in [-0.2, -0.15) is 0 Å². The maximum absolute atomic E-state index is 11.2. The number of rotatable bonds is 4. The third kappa shape index (κ3) is 3.34. The van der Waals surface area contributed by atoms with Gasteiger partial charge < -0.3 is 9.94 Å². The van der Waals surface area contributed by atoms with Crippen molar-refractivity contribution in [2.75, 3.05) is 6.61 Å². The Morgan fingerprint density at radius 1 is 1.67 bits per heavy atom. The van der Waals surface area contributed by atoms with Gasteiger partial charge in [0.2, 0.25) is 0 Å². The molecule has 80 valence electrons. The summed E-state index contributed by atoms with van der Waals surface area (Å²) in [4.78, 5) is 18.9. The van der Waals surface area contributed by atoms with Gasteiger partial charge in [0.1, 0.15) is 6.33 Å². The van der Waals surface area contributed by atoms with E-state index in [1.807, 2.05) is 0 Å². The van der Waals surface area contributed by atoms with E-state index in [9.17, 15) is 4.79 Å². The van der Waals surface area contributed by atoms with Crippen molar-refractivity contribution in [2.45, 2.75) is 13.3 Å². The third-order valence-electron chi connectivity index (χ3n) is 1.62. The van der Waals surface area contributed by atoms with Crippen LogP contribution < -0.4 is 0 Å². The molecule has 1 heterocycles. The van der Waals surface area contributed by atoms with Crippen molar-refractivity contribution in [2.24, 2.45) is 5.16 Å². The second kappa shape index (κ2) is 5.69. The molecule has 0 aromatic carbocycles. The standard InChI is InChI=1S/C9H11N3O3/c1-2-15-9(13)8(12-14)5-7-3-4-10-6-11-7/h3-4,6,14H,2,5H2,1H3. The Kier molecular flexibility index (Phi) is 4.21. The Hall–Kier alpha value is -1.98. The first-order chi connectivity index (χ1) is 7.27. The Morgan fingerprint density at radius 2 is 2.47 bits per heavy atom. The van der Waals surface area contributed by atoms with Crippen molar-refractivity contribution in [1.29, 1.82) is 0 Å². The second-order valence-electron chi connectivity index (χ2n) is 2.64. The lowest BCUT2D eigenvalue weighted by molar-refractivity contribution is -0.135. The lowest BCUT2D eigenvalue weighted by Gasteiger charge is -2.02. The zero-order valence-electron chi connectivity index (χ0n) is 8.25. The van der Waals surface area contributed by atoms with Gasteiger partial charge in [-0.15, -0.1) is 0 Å². The van der Waals surface area contributed by atoms with Gasteiger partial charge >= 0.3 is 5.97 Å². The molecule has 0 bridgehead atoms. The van der Waals surface area contributed by atoms with Crippen molar-refractivity contribution in [3.05, 3.63) is 24.3 Å². The highest BCUT2D eigenvalue weighted by molar-refractivity contribution is 6.36. The molecule has 0 saturated carbocycles. The molecule has 6 heteroatoms. The van der Waals surface area contributed by atoms with Crippen LogP contribution in [0.5, 0.6) is 0 Å². The average Bonchev–Trinajstić information content (AvgIpc) is 2.27. The SMILES string of the molecule is CCOC(=O)C(Cc1ccncn1)=NO. The zero-order valence-corrected chi connectivity index (χ0v) is 8.25. The maximum Gasteiger partial charge on any atom is 0.356 e. The van der Waals surface area contributed by atoms with E-state index in [0.717, 1.165) is 0 Å². The molecule has 0 atom stereocenters. The highest BCUT2D eigenvalue weighted by Gasteiger charge is 2.14. The highest BCUT2D eigenvalue weighted by Crippen LogP contribution is 1.97. The van der Waals surface area contributed by atoms with E-state index in [1.54, 1.807) is 19.2 Å². The lowest BCUT2D eigenvalue weighted by atomic mass is 10.2. The van der Waals surface area contributed by atoms with E-state index >= 15 is 0 Å². The van der Waals surface area contributed by atoms with Crippen molar-refractivity contribution in [1.82, 2.24) is 9.97 Å². The predicted molar refractivity (Wildman–Crippen MR) is 51.6 cm³/mol. The van der Waals surface area contributed by atoms with Gasteiger partial charge in [-0.3, -0.25) is 0 Å². The first-order valence-electron chi connectivity index (χ1n) is 4.40. The molecule has 0 aliphatic heterocycles. The van der Waals surface area contributed by atoms with E-state index in [2.05, 4.69) is 15.1 Å². The summed E-state index contributed by atoms with van der Waals surface area (Å²) >= 11 is 0. The van der Waals surface area contributed by atoms with E-state index in [-0.39, 0.29) is 18.7 Å². The Balaban J connectivity index is 2.67. The molecular formula is C9H11N3O3. The fourth-order valence-electron chi connectivity index (χ4n) is 0.957. The van der Waals surface area contributed by atoms with Gasteiger partial charge in [0, 0.05) is 12.6 Å². The smallest absolute Gasteiger partial charge is 0.356 e. The minimum atomic E-state index is -0.640. The summed E-state index contributed by atoms with van der Waals surface area (Å²) in [5.74, 6) is -0.640. The third-order valence-corrected chi connectivity index (χ3v) is 1.62. The van der Waals surface area contributed by atoms with E-state index in [0.29, 0.717) is 5.69 Å². The number of hydrogen-bond donors (Lipinski definition) is 1. The molecule has 0 aliphatic rings. The quantitative estimate of drug-likeness (QED) is 0.336. The second-order valence-corrected chi connectivity index (χ2v) is 2.64. The van der Waals surface area contributed by atoms with Crippen LogP contribution in [-0.4, -0.2) is 33.5 Å². The van der Waals surface area contributed by atoms with Crippen LogP contribution in [0.2, 0.25) is 0 Å². The van der Waals surface area contributed by atoms with Crippen LogP contribution in [0, 0.1) is 0 Å². The molecule has 6 nitrogen and oxygen atoms in total. The van der Waals surface area contributed by atoms with Crippen LogP contribution in [0.4, 0.5) is 0 Å². The van der Waals surface area contributed by atoms with E-state index in [4.69, 9.17) is 9.94 Å². The van der Waals surface area contributed by atoms with Crippen LogP contribution >= 0.6 is 0 Å². The van der Waals surface area contributed by atoms with Crippen LogP contribution in [0.25, 0.3) is 0 Å². The number of carbonyl (C=O) groups excluding carboxylic acids is 1. The summed E-state index contributed by atoms with van der Waals surface area (Å²) in [6.45, 7) is 1.92. The summed E-state index contributed by atoms with van der Waals surface area (Å²) in [6, 6.07) is 1.63. The number of nitrogens with zero attached hydrogens (tertiary/aromatic N) is 3. The lowest BCUT2D eigenvalue weighted by Crippen LogP contribution is -2.20. The highest BCUT2D eigenvalue weighted by atomic mass is 16.5. The number of oxime groups is 1. The molecule has 0 fully saturated rings. The largest absolute Gasteiger partial charge is 0.461 e. The topological polar surface area (TPSA) is 84.7 Å². The van der Waals surface area contributed by atoms with Crippen molar-refractivity contribution in [3.8, 4) is 0 Å². The molecule has 15 heavy (non-hydrogen) atoms. The molecule has 0 radical (unpaired) electrons. The summed E-state index contributed by atoms with van der Waals surface area (Å²) in [6.07, 6.45) is 3.02. The van der Waals surface area contributed by atoms with Gasteiger partial charge in [0.25, 0.3) is 0 Å². The average molecular weight is 209 g/mol. The van der Waals surface area contributed by atoms with Gasteiger partial charge in [-0.1, -0.05) is 5.16 Å². The predicted octanol–water partition coefficient (Wildman–Crippen LogP) is 0.412. The summed E-state index contributed by atoms with van der Waals surface area (Å²) < 4.78 is 4.69. The normalized spacial score (nSPS) is 11.1. The Morgan fingerprint density at radius 3 is 3.00 bits per heavy atom. The molecule has 0 amide bonds. The first kappa shape index (κ1) is 11.1. The molecule has 0 aliphatic carbocycles. The Labute approximate surface area is 86.6 Å². The summed E-state index contributed by atoms with van der Waals surface area (Å²) in [5.41, 5.74) is 0.515. The number of ether oxygens (including phenoxy) is 1. The maximum atomic E-state index is 11.2. The molecule has 1 aromatic heterocycles. The van der Waals surface area contributed by atoms with Crippen LogP contribution in [-0.2, 0) is 16.0 Å². The zero-order chi connectivity index (χ0) is 11.1. The minimum Gasteiger partial charge on any atom is -0.461 e. The van der Waals surface area contributed by atoms with Gasteiger partial charge in [0.05, 0.1) is 12.3 Å². The van der Waals surface area contributed by atoms with E-state index < -0.39 is 5.97 Å². The fourth-order valence-corrected chi connectivity index (χ4v) is 0.957. The fraction of sp³-hybridized carbons (Fsp3) is 0.333. The van der Waals surface area contributed by atoms with Crippen LogP contribution in [0.15, 0.2) is 23.7 Å². The first-order valence-corrected chi connectivity index (χ1v) is 4.40. The number of carbonyl (C=O) groups is 1. The minimum absolute atomic E-state index is 0.0736. The number of esters is 1. The van der Waals surface area contributed by atoms with Crippen molar-refractivity contribution in [3.63, 3.8) is 0 Å². The Bertz CT molecular complexity index is 351. The molecule has 0 saturated heterocycles. The monoisotopic (exact) mass is 209 g/mol. The summed E-state index contributed by atoms with van der Waals surface area (Å²) in [5, 5.41) is 11.5. The van der Waals surface area contributed by atoms with Crippen LogP contribution in [0.3, 0.4) is 0 Å². The van der Waals surface area contributed by atoms with Gasteiger partial charge in [-0.25, -0.2) is 14.8 Å². The molecule has 1 rings (SSSR count). The van der Waals surface area contributed by atoms with Gasteiger partial charge in [0.15, 0.2) is 5.71 Å². The molecular weight excluding hydrogens is 198 g/mol. The molecule has 0 unspecified atom stereocenters. The molecule has 1 N–H and O–H groups in total. The van der Waals surface area contributed by atoms with Crippen molar-refractivity contribution < 1.29 is 14.7 Å². The van der Waals surface area contributed by atoms with Crippen molar-refractivity contribution >= 4 is 11.7 Å². The van der Waals surface area contributed by atoms with Crippen LogP contribution in [0.1, 0.15) is 12.6 Å². The summed E-state index contributed by atoms with van der Waals surface area (Å²) in [7, 11) is 0. The van der Waals surface area contributed by atoms with E-state index in [1.165, 1.54) is 6.33 Å². The molecule has 0 spiro atoms. The number of aromatic nitrogens is 2. The van der Waals surface area contributed by atoms with Gasteiger partial charge in [-0.05, 0) is 13.0 Å². The molecule has 1 aromatic rings.